The Kier molecular flexibility index (Phi) is 7.02. The molecule has 3 heterocycles. The Morgan fingerprint density at radius 1 is 0.941 bits per heavy atom. The summed E-state index contributed by atoms with van der Waals surface area (Å²) in [5, 5.41) is 4.61. The number of benzene rings is 2. The molecule has 0 bridgehead atoms. The molecule has 34 heavy (non-hydrogen) atoms. The largest absolute Gasteiger partial charge is 0.491 e. The molecule has 0 unspecified atom stereocenters. The van der Waals surface area contributed by atoms with Crippen LogP contribution in [0.3, 0.4) is 0 Å². The van der Waals surface area contributed by atoms with Crippen molar-refractivity contribution in [2.45, 2.75) is 19.4 Å². The van der Waals surface area contributed by atoms with Crippen LogP contribution in [0.25, 0.3) is 10.9 Å². The van der Waals surface area contributed by atoms with Gasteiger partial charge in [-0.1, -0.05) is 23.7 Å². The van der Waals surface area contributed by atoms with Crippen molar-refractivity contribution in [3.05, 3.63) is 77.7 Å². The molecular weight excluding hydrogens is 450 g/mol. The summed E-state index contributed by atoms with van der Waals surface area (Å²) in [5.41, 5.74) is 2.43. The van der Waals surface area contributed by atoms with Gasteiger partial charge in [-0.25, -0.2) is 9.97 Å². The van der Waals surface area contributed by atoms with E-state index < -0.39 is 0 Å². The van der Waals surface area contributed by atoms with Crippen LogP contribution in [0.1, 0.15) is 18.5 Å². The third kappa shape index (κ3) is 5.55. The smallest absolute Gasteiger partial charge is 0.227 e. The minimum absolute atomic E-state index is 0.351. The standard InChI is InChI=1S/C26H26ClN5O2/c27-22-16-19(9-10-25(22)34-18-20-6-1-2-11-28-20)30-26-29-17-21-23(31-26)7-5-8-24(21)33-15-14-32-12-3-4-13-32/h1-2,5-11,16-17H,3-4,12-15,18H2,(H,29,30,31). The first-order valence-electron chi connectivity index (χ1n) is 11.4. The van der Waals surface area contributed by atoms with Crippen LogP contribution in [0.5, 0.6) is 11.5 Å². The fourth-order valence-corrected chi connectivity index (χ4v) is 4.20. The number of fused-ring (bicyclic) bond motifs is 1. The van der Waals surface area contributed by atoms with Crippen molar-refractivity contribution < 1.29 is 9.47 Å². The van der Waals surface area contributed by atoms with Crippen molar-refractivity contribution in [2.24, 2.45) is 0 Å². The minimum atomic E-state index is 0.351. The van der Waals surface area contributed by atoms with Gasteiger partial charge in [0.15, 0.2) is 0 Å². The predicted molar refractivity (Wildman–Crippen MR) is 134 cm³/mol. The van der Waals surface area contributed by atoms with E-state index in [1.807, 2.05) is 48.5 Å². The summed E-state index contributed by atoms with van der Waals surface area (Å²) in [6.45, 7) is 4.28. The molecule has 0 atom stereocenters. The number of hydrogen-bond acceptors (Lipinski definition) is 7. The quantitative estimate of drug-likeness (QED) is 0.344. The summed E-state index contributed by atoms with van der Waals surface area (Å²) in [7, 11) is 0. The molecule has 8 heteroatoms. The first-order chi connectivity index (χ1) is 16.7. The van der Waals surface area contributed by atoms with E-state index in [2.05, 4.69) is 25.2 Å². The number of pyridine rings is 1. The van der Waals surface area contributed by atoms with Crippen molar-refractivity contribution >= 4 is 34.1 Å². The molecule has 2 aromatic heterocycles. The fourth-order valence-electron chi connectivity index (χ4n) is 3.97. The van der Waals surface area contributed by atoms with Gasteiger partial charge in [0.1, 0.15) is 24.7 Å². The average molecular weight is 476 g/mol. The molecule has 0 spiro atoms. The van der Waals surface area contributed by atoms with E-state index in [9.17, 15) is 0 Å². The zero-order chi connectivity index (χ0) is 23.2. The van der Waals surface area contributed by atoms with Gasteiger partial charge in [0.05, 0.1) is 21.6 Å². The molecule has 5 rings (SSSR count). The van der Waals surface area contributed by atoms with Crippen molar-refractivity contribution in [3.8, 4) is 11.5 Å². The van der Waals surface area contributed by atoms with Gasteiger partial charge in [-0.3, -0.25) is 9.88 Å². The number of nitrogens with one attached hydrogen (secondary N) is 1. The van der Waals surface area contributed by atoms with Crippen LogP contribution in [0.15, 0.2) is 67.0 Å². The Bertz CT molecular complexity index is 1250. The molecule has 1 aliphatic heterocycles. The summed E-state index contributed by atoms with van der Waals surface area (Å²) in [4.78, 5) is 15.8. The lowest BCUT2D eigenvalue weighted by Crippen LogP contribution is -2.25. The zero-order valence-corrected chi connectivity index (χ0v) is 19.5. The molecule has 0 saturated carbocycles. The van der Waals surface area contributed by atoms with Gasteiger partial charge in [-0.05, 0) is 68.4 Å². The molecule has 1 saturated heterocycles. The van der Waals surface area contributed by atoms with E-state index in [1.54, 1.807) is 18.5 Å². The molecule has 0 amide bonds. The Hall–Kier alpha value is -3.42. The van der Waals surface area contributed by atoms with E-state index in [1.165, 1.54) is 25.9 Å². The first kappa shape index (κ1) is 22.4. The number of nitrogens with zero attached hydrogens (tertiary/aromatic N) is 4. The lowest BCUT2D eigenvalue weighted by atomic mass is 10.2. The number of rotatable bonds is 9. The van der Waals surface area contributed by atoms with Crippen LogP contribution in [-0.4, -0.2) is 46.1 Å². The van der Waals surface area contributed by atoms with Crippen molar-refractivity contribution in [1.82, 2.24) is 19.9 Å². The van der Waals surface area contributed by atoms with E-state index in [4.69, 9.17) is 21.1 Å². The summed E-state index contributed by atoms with van der Waals surface area (Å²) in [6, 6.07) is 17.1. The third-order valence-corrected chi connectivity index (χ3v) is 6.03. The topological polar surface area (TPSA) is 72.4 Å². The number of likely N-dealkylation sites (tertiary alicyclic amines) is 1. The molecule has 1 N–H and O–H groups in total. The number of halogens is 1. The SMILES string of the molecule is Clc1cc(Nc2ncc3c(OCCN4CCCC4)cccc3n2)ccc1OCc1ccccn1. The molecule has 174 valence electrons. The maximum Gasteiger partial charge on any atom is 0.227 e. The second-order valence-electron chi connectivity index (χ2n) is 8.16. The van der Waals surface area contributed by atoms with Gasteiger partial charge < -0.3 is 14.8 Å². The van der Waals surface area contributed by atoms with Gasteiger partial charge in [0, 0.05) is 24.6 Å². The third-order valence-electron chi connectivity index (χ3n) is 5.74. The average Bonchev–Trinajstić information content (AvgIpc) is 3.38. The zero-order valence-electron chi connectivity index (χ0n) is 18.8. The number of aromatic nitrogens is 3. The monoisotopic (exact) mass is 475 g/mol. The number of hydrogen-bond donors (Lipinski definition) is 1. The molecule has 0 aliphatic carbocycles. The second-order valence-corrected chi connectivity index (χ2v) is 8.57. The summed E-state index contributed by atoms with van der Waals surface area (Å²) < 4.78 is 11.8. The summed E-state index contributed by atoms with van der Waals surface area (Å²) in [6.07, 6.45) is 6.09. The van der Waals surface area contributed by atoms with Crippen LogP contribution in [0.2, 0.25) is 5.02 Å². The highest BCUT2D eigenvalue weighted by atomic mass is 35.5. The fraction of sp³-hybridized carbons (Fsp3) is 0.269. The minimum Gasteiger partial charge on any atom is -0.491 e. The molecule has 0 radical (unpaired) electrons. The van der Waals surface area contributed by atoms with Gasteiger partial charge in [-0.2, -0.15) is 0 Å². The lowest BCUT2D eigenvalue weighted by Gasteiger charge is -2.15. The molecule has 2 aromatic carbocycles. The Balaban J connectivity index is 1.23. The van der Waals surface area contributed by atoms with Gasteiger partial charge >= 0.3 is 0 Å². The molecule has 7 nitrogen and oxygen atoms in total. The molecule has 1 aliphatic rings. The first-order valence-corrected chi connectivity index (χ1v) is 11.8. The Morgan fingerprint density at radius 3 is 2.68 bits per heavy atom. The highest BCUT2D eigenvalue weighted by Crippen LogP contribution is 2.30. The van der Waals surface area contributed by atoms with Gasteiger partial charge in [0.2, 0.25) is 5.95 Å². The van der Waals surface area contributed by atoms with Crippen LogP contribution < -0.4 is 14.8 Å². The van der Waals surface area contributed by atoms with Crippen molar-refractivity contribution in [2.75, 3.05) is 31.6 Å². The van der Waals surface area contributed by atoms with Gasteiger partial charge in [-0.15, -0.1) is 0 Å². The Labute approximate surface area is 203 Å². The van der Waals surface area contributed by atoms with Crippen molar-refractivity contribution in [3.63, 3.8) is 0 Å². The normalized spacial score (nSPS) is 13.8. The Morgan fingerprint density at radius 2 is 1.85 bits per heavy atom. The predicted octanol–water partition coefficient (Wildman–Crippen LogP) is 5.48. The second kappa shape index (κ2) is 10.7. The van der Waals surface area contributed by atoms with E-state index in [0.717, 1.165) is 34.6 Å². The van der Waals surface area contributed by atoms with E-state index in [-0.39, 0.29) is 0 Å². The highest BCUT2D eigenvalue weighted by Gasteiger charge is 2.12. The van der Waals surface area contributed by atoms with Crippen LogP contribution in [-0.2, 0) is 6.61 Å². The lowest BCUT2D eigenvalue weighted by molar-refractivity contribution is 0.239. The maximum absolute atomic E-state index is 6.43. The number of ether oxygens (including phenoxy) is 2. The van der Waals surface area contributed by atoms with Crippen LogP contribution in [0.4, 0.5) is 11.6 Å². The summed E-state index contributed by atoms with van der Waals surface area (Å²) >= 11 is 6.43. The van der Waals surface area contributed by atoms with Crippen molar-refractivity contribution in [1.29, 1.82) is 0 Å². The van der Waals surface area contributed by atoms with E-state index in [0.29, 0.717) is 29.9 Å². The molecule has 1 fully saturated rings. The van der Waals surface area contributed by atoms with Gasteiger partial charge in [0.25, 0.3) is 0 Å². The molecular formula is C26H26ClN5O2. The van der Waals surface area contributed by atoms with E-state index >= 15 is 0 Å². The van der Waals surface area contributed by atoms with Crippen LogP contribution in [0, 0.1) is 0 Å². The maximum atomic E-state index is 6.43. The molecule has 4 aromatic rings. The van der Waals surface area contributed by atoms with Crippen LogP contribution >= 0.6 is 11.6 Å². The summed E-state index contributed by atoms with van der Waals surface area (Å²) in [5.74, 6) is 1.88. The number of anilines is 2. The highest BCUT2D eigenvalue weighted by molar-refractivity contribution is 6.32.